The standard InChI is InChI=1S/C12H10BrClF3NO/c13-9-2-1-7(5-10(9)14)11(19)18-4-3-8(6-18)12(15,16)17/h1-2,5,8H,3-4,6H2. The molecule has 1 heterocycles. The number of rotatable bonds is 1. The van der Waals surface area contributed by atoms with E-state index in [2.05, 4.69) is 15.9 Å². The smallest absolute Gasteiger partial charge is 0.338 e. The monoisotopic (exact) mass is 355 g/mol. The molecule has 1 aromatic carbocycles. The van der Waals surface area contributed by atoms with Crippen molar-refractivity contribution in [1.82, 2.24) is 4.90 Å². The Morgan fingerprint density at radius 3 is 2.63 bits per heavy atom. The van der Waals surface area contributed by atoms with E-state index >= 15 is 0 Å². The minimum absolute atomic E-state index is 0.0422. The van der Waals surface area contributed by atoms with Crippen LogP contribution in [0.15, 0.2) is 22.7 Å². The Labute approximate surface area is 121 Å². The molecule has 0 saturated carbocycles. The highest BCUT2D eigenvalue weighted by atomic mass is 79.9. The first-order valence-electron chi connectivity index (χ1n) is 5.60. The number of amides is 1. The highest BCUT2D eigenvalue weighted by molar-refractivity contribution is 9.10. The quantitative estimate of drug-likeness (QED) is 0.741. The van der Waals surface area contributed by atoms with Gasteiger partial charge < -0.3 is 4.90 Å². The molecule has 0 bridgehead atoms. The van der Waals surface area contributed by atoms with Crippen molar-refractivity contribution in [3.63, 3.8) is 0 Å². The number of hydrogen-bond acceptors (Lipinski definition) is 1. The Bertz CT molecular complexity index is 506. The van der Waals surface area contributed by atoms with Gasteiger partial charge in [-0.25, -0.2) is 0 Å². The molecule has 1 fully saturated rings. The average Bonchev–Trinajstić information content (AvgIpc) is 2.81. The fourth-order valence-electron chi connectivity index (χ4n) is 2.02. The summed E-state index contributed by atoms with van der Waals surface area (Å²) in [4.78, 5) is 13.3. The van der Waals surface area contributed by atoms with E-state index < -0.39 is 18.0 Å². The van der Waals surface area contributed by atoms with Crippen molar-refractivity contribution in [3.05, 3.63) is 33.3 Å². The summed E-state index contributed by atoms with van der Waals surface area (Å²) in [5, 5.41) is 0.359. The van der Waals surface area contributed by atoms with Crippen LogP contribution in [0.3, 0.4) is 0 Å². The fraction of sp³-hybridized carbons (Fsp3) is 0.417. The van der Waals surface area contributed by atoms with Gasteiger partial charge >= 0.3 is 6.18 Å². The van der Waals surface area contributed by atoms with Gasteiger partial charge in [0.15, 0.2) is 0 Å². The summed E-state index contributed by atoms with van der Waals surface area (Å²) in [6, 6.07) is 4.60. The van der Waals surface area contributed by atoms with Gasteiger partial charge in [-0.05, 0) is 40.5 Å². The number of benzene rings is 1. The largest absolute Gasteiger partial charge is 0.393 e. The lowest BCUT2D eigenvalue weighted by molar-refractivity contribution is -0.169. The first kappa shape index (κ1) is 14.7. The lowest BCUT2D eigenvalue weighted by Crippen LogP contribution is -2.31. The maximum atomic E-state index is 12.6. The van der Waals surface area contributed by atoms with E-state index in [0.717, 1.165) is 0 Å². The van der Waals surface area contributed by atoms with Crippen LogP contribution >= 0.6 is 27.5 Å². The van der Waals surface area contributed by atoms with Crippen LogP contribution in [0.4, 0.5) is 13.2 Å². The molecule has 1 unspecified atom stereocenters. The highest BCUT2D eigenvalue weighted by Gasteiger charge is 2.44. The summed E-state index contributed by atoms with van der Waals surface area (Å²) in [7, 11) is 0. The van der Waals surface area contributed by atoms with Crippen molar-refractivity contribution in [2.75, 3.05) is 13.1 Å². The van der Waals surface area contributed by atoms with Gasteiger partial charge in [0.25, 0.3) is 5.91 Å². The molecule has 1 aliphatic rings. The zero-order valence-corrected chi connectivity index (χ0v) is 12.0. The molecule has 1 aliphatic heterocycles. The third-order valence-corrected chi connectivity index (χ3v) is 4.34. The Balaban J connectivity index is 2.11. The Kier molecular flexibility index (Phi) is 4.11. The second-order valence-corrected chi connectivity index (χ2v) is 5.67. The maximum Gasteiger partial charge on any atom is 0.393 e. The van der Waals surface area contributed by atoms with Gasteiger partial charge in [-0.2, -0.15) is 13.2 Å². The van der Waals surface area contributed by atoms with Crippen molar-refractivity contribution in [1.29, 1.82) is 0 Å². The van der Waals surface area contributed by atoms with Crippen LogP contribution in [0, 0.1) is 5.92 Å². The number of alkyl halides is 3. The molecule has 1 saturated heterocycles. The molecule has 104 valence electrons. The molecular formula is C12H10BrClF3NO. The van der Waals surface area contributed by atoms with Crippen molar-refractivity contribution in [3.8, 4) is 0 Å². The molecule has 19 heavy (non-hydrogen) atoms. The van der Waals surface area contributed by atoms with Crippen molar-refractivity contribution in [2.45, 2.75) is 12.6 Å². The van der Waals surface area contributed by atoms with Gasteiger partial charge in [-0.15, -0.1) is 0 Å². The molecule has 0 aliphatic carbocycles. The molecule has 1 aromatic rings. The van der Waals surface area contributed by atoms with Crippen LogP contribution in [-0.2, 0) is 0 Å². The van der Waals surface area contributed by atoms with E-state index in [1.165, 1.54) is 11.0 Å². The van der Waals surface area contributed by atoms with Crippen molar-refractivity contribution < 1.29 is 18.0 Å². The molecule has 0 aromatic heterocycles. The van der Waals surface area contributed by atoms with Gasteiger partial charge in [0.2, 0.25) is 0 Å². The fourth-order valence-corrected chi connectivity index (χ4v) is 2.45. The number of carbonyl (C=O) groups excluding carboxylic acids is 1. The summed E-state index contributed by atoms with van der Waals surface area (Å²) in [6.07, 6.45) is -4.29. The molecule has 0 radical (unpaired) electrons. The van der Waals surface area contributed by atoms with Crippen LogP contribution in [0.2, 0.25) is 5.02 Å². The van der Waals surface area contributed by atoms with Crippen LogP contribution in [0.25, 0.3) is 0 Å². The Morgan fingerprint density at radius 2 is 2.11 bits per heavy atom. The van der Waals surface area contributed by atoms with E-state index in [9.17, 15) is 18.0 Å². The second-order valence-electron chi connectivity index (χ2n) is 4.41. The van der Waals surface area contributed by atoms with E-state index in [0.29, 0.717) is 15.1 Å². The first-order valence-corrected chi connectivity index (χ1v) is 6.77. The molecule has 2 rings (SSSR count). The minimum atomic E-state index is -4.24. The maximum absolute atomic E-state index is 12.6. The van der Waals surface area contributed by atoms with Crippen LogP contribution in [0.1, 0.15) is 16.8 Å². The van der Waals surface area contributed by atoms with Crippen molar-refractivity contribution >= 4 is 33.4 Å². The predicted octanol–water partition coefficient (Wildman–Crippen LogP) is 4.13. The zero-order valence-electron chi connectivity index (χ0n) is 9.68. The van der Waals surface area contributed by atoms with Crippen LogP contribution in [0.5, 0.6) is 0 Å². The summed E-state index contributed by atoms with van der Waals surface area (Å²) < 4.78 is 38.3. The molecule has 2 nitrogen and oxygen atoms in total. The lowest BCUT2D eigenvalue weighted by Gasteiger charge is -2.18. The molecular weight excluding hydrogens is 346 g/mol. The third-order valence-electron chi connectivity index (χ3n) is 3.10. The summed E-state index contributed by atoms with van der Waals surface area (Å²) >= 11 is 9.06. The van der Waals surface area contributed by atoms with E-state index in [1.807, 2.05) is 0 Å². The van der Waals surface area contributed by atoms with Gasteiger partial charge in [-0.3, -0.25) is 4.79 Å². The minimum Gasteiger partial charge on any atom is -0.338 e. The first-order chi connectivity index (χ1) is 8.79. The average molecular weight is 357 g/mol. The van der Waals surface area contributed by atoms with Crippen LogP contribution in [-0.4, -0.2) is 30.1 Å². The molecule has 7 heteroatoms. The van der Waals surface area contributed by atoms with E-state index in [-0.39, 0.29) is 19.5 Å². The molecule has 1 atom stereocenters. The second kappa shape index (κ2) is 5.32. The summed E-state index contributed by atoms with van der Waals surface area (Å²) in [5.41, 5.74) is 0.302. The number of nitrogens with zero attached hydrogens (tertiary/aromatic N) is 1. The van der Waals surface area contributed by atoms with Gasteiger partial charge in [0.05, 0.1) is 10.9 Å². The Hall–Kier alpha value is -0.750. The molecule has 0 N–H and O–H groups in total. The number of carbonyl (C=O) groups is 1. The van der Waals surface area contributed by atoms with Gasteiger partial charge in [0, 0.05) is 23.1 Å². The van der Waals surface area contributed by atoms with Crippen LogP contribution < -0.4 is 0 Å². The summed E-state index contributed by atoms with van der Waals surface area (Å²) in [6.45, 7) is -0.160. The molecule has 0 spiro atoms. The van der Waals surface area contributed by atoms with Gasteiger partial charge in [-0.1, -0.05) is 11.6 Å². The predicted molar refractivity (Wildman–Crippen MR) is 69.2 cm³/mol. The topological polar surface area (TPSA) is 20.3 Å². The SMILES string of the molecule is O=C(c1ccc(Br)c(Cl)c1)N1CCC(C(F)(F)F)C1. The summed E-state index contributed by atoms with van der Waals surface area (Å²) in [5.74, 6) is -1.84. The lowest BCUT2D eigenvalue weighted by atomic mass is 10.1. The number of halogens is 5. The normalized spacial score (nSPS) is 19.8. The van der Waals surface area contributed by atoms with E-state index in [1.54, 1.807) is 12.1 Å². The van der Waals surface area contributed by atoms with Crippen molar-refractivity contribution in [2.24, 2.45) is 5.92 Å². The number of likely N-dealkylation sites (tertiary alicyclic amines) is 1. The third kappa shape index (κ3) is 3.23. The Morgan fingerprint density at radius 1 is 1.42 bits per heavy atom. The number of hydrogen-bond donors (Lipinski definition) is 0. The zero-order chi connectivity index (χ0) is 14.2. The van der Waals surface area contributed by atoms with Gasteiger partial charge in [0.1, 0.15) is 0 Å². The van der Waals surface area contributed by atoms with E-state index in [4.69, 9.17) is 11.6 Å². The highest BCUT2D eigenvalue weighted by Crippen LogP contribution is 2.34. The molecule has 1 amide bonds.